The Hall–Kier alpha value is -1.50. The van der Waals surface area contributed by atoms with Gasteiger partial charge in [-0.3, -0.25) is 0 Å². The number of H-pyrrole nitrogens is 1. The monoisotopic (exact) mass is 267 g/mol. The number of imidazole rings is 1. The number of rotatable bonds is 2. The normalized spacial score (nSPS) is 9.47. The second-order valence-electron chi connectivity index (χ2n) is 3.58. The Kier molecular flexibility index (Phi) is 4.56. The molecule has 88 valence electrons. The van der Waals surface area contributed by atoms with Crippen molar-refractivity contribution in [2.45, 2.75) is 13.3 Å². The van der Waals surface area contributed by atoms with Crippen molar-refractivity contribution >= 4 is 24.0 Å². The van der Waals surface area contributed by atoms with Gasteiger partial charge in [-0.25, -0.2) is 4.98 Å². The van der Waals surface area contributed by atoms with Crippen molar-refractivity contribution in [2.24, 2.45) is 0 Å². The summed E-state index contributed by atoms with van der Waals surface area (Å²) >= 11 is 5.96. The fraction of sp³-hybridized carbons (Fsp3) is 0.167. The molecule has 0 bridgehead atoms. The Morgan fingerprint density at radius 3 is 2.47 bits per heavy atom. The van der Waals surface area contributed by atoms with E-state index in [0.29, 0.717) is 17.1 Å². The van der Waals surface area contributed by atoms with Gasteiger partial charge in [-0.05, 0) is 24.6 Å². The predicted molar refractivity (Wildman–Crippen MR) is 69.5 cm³/mol. The van der Waals surface area contributed by atoms with Crippen LogP contribution in [0.5, 0.6) is 0 Å². The van der Waals surface area contributed by atoms with Gasteiger partial charge in [0, 0.05) is 6.42 Å². The van der Waals surface area contributed by atoms with Crippen LogP contribution in [0.1, 0.15) is 22.6 Å². The molecule has 0 amide bonds. The van der Waals surface area contributed by atoms with E-state index in [4.69, 9.17) is 16.9 Å². The zero-order valence-electron chi connectivity index (χ0n) is 9.20. The molecule has 1 N–H and O–H groups in total. The Balaban J connectivity index is 0.00000144. The first-order chi connectivity index (χ1) is 7.69. The van der Waals surface area contributed by atoms with Gasteiger partial charge in [0.05, 0.1) is 17.3 Å². The number of aromatic nitrogens is 2. The van der Waals surface area contributed by atoms with Crippen LogP contribution in [-0.2, 0) is 6.42 Å². The van der Waals surface area contributed by atoms with E-state index in [1.54, 1.807) is 12.1 Å². The molecule has 0 radical (unpaired) electrons. The SMILES string of the molecule is Cc1nc(Cl)c(Cc2ccc(C#N)cc2)[nH]1.Cl. The molecule has 1 aromatic carbocycles. The standard InChI is InChI=1S/C12H10ClN3.ClH/c1-8-15-11(12(13)16-8)6-9-2-4-10(7-14)5-3-9;/h2-5H,6H2,1H3,(H,15,16);1H. The van der Waals surface area contributed by atoms with Crippen molar-refractivity contribution in [3.05, 3.63) is 52.1 Å². The summed E-state index contributed by atoms with van der Waals surface area (Å²) in [6, 6.07) is 9.53. The molecular weight excluding hydrogens is 257 g/mol. The Morgan fingerprint density at radius 2 is 2.00 bits per heavy atom. The topological polar surface area (TPSA) is 52.5 Å². The van der Waals surface area contributed by atoms with E-state index in [1.807, 2.05) is 19.1 Å². The number of hydrogen-bond donors (Lipinski definition) is 1. The van der Waals surface area contributed by atoms with Crippen LogP contribution < -0.4 is 0 Å². The summed E-state index contributed by atoms with van der Waals surface area (Å²) in [5.74, 6) is 0.814. The van der Waals surface area contributed by atoms with Crippen LogP contribution in [0.2, 0.25) is 5.15 Å². The third-order valence-corrected chi connectivity index (χ3v) is 2.62. The van der Waals surface area contributed by atoms with E-state index >= 15 is 0 Å². The van der Waals surface area contributed by atoms with Crippen molar-refractivity contribution < 1.29 is 0 Å². The summed E-state index contributed by atoms with van der Waals surface area (Å²) < 4.78 is 0. The molecule has 0 unspecified atom stereocenters. The van der Waals surface area contributed by atoms with Crippen molar-refractivity contribution in [2.75, 3.05) is 0 Å². The van der Waals surface area contributed by atoms with Crippen molar-refractivity contribution in [1.29, 1.82) is 5.26 Å². The summed E-state index contributed by atoms with van der Waals surface area (Å²) in [5.41, 5.74) is 2.67. The number of benzene rings is 1. The fourth-order valence-electron chi connectivity index (χ4n) is 1.53. The highest BCUT2D eigenvalue weighted by molar-refractivity contribution is 6.30. The van der Waals surface area contributed by atoms with Gasteiger partial charge in [0.15, 0.2) is 5.15 Å². The first-order valence-electron chi connectivity index (χ1n) is 4.89. The summed E-state index contributed by atoms with van der Waals surface area (Å²) in [6.45, 7) is 1.87. The van der Waals surface area contributed by atoms with Gasteiger partial charge in [0.1, 0.15) is 5.82 Å². The molecular formula is C12H11Cl2N3. The van der Waals surface area contributed by atoms with E-state index in [1.165, 1.54) is 0 Å². The lowest BCUT2D eigenvalue weighted by Crippen LogP contribution is -1.89. The molecule has 0 saturated heterocycles. The molecule has 0 fully saturated rings. The van der Waals surface area contributed by atoms with E-state index in [2.05, 4.69) is 16.0 Å². The minimum Gasteiger partial charge on any atom is -0.345 e. The lowest BCUT2D eigenvalue weighted by Gasteiger charge is -1.99. The Morgan fingerprint density at radius 1 is 1.35 bits per heavy atom. The Labute approximate surface area is 111 Å². The minimum atomic E-state index is 0. The number of nitriles is 1. The predicted octanol–water partition coefficient (Wildman–Crippen LogP) is 3.26. The zero-order valence-corrected chi connectivity index (χ0v) is 10.8. The summed E-state index contributed by atoms with van der Waals surface area (Å²) in [7, 11) is 0. The summed E-state index contributed by atoms with van der Waals surface area (Å²) in [6.07, 6.45) is 0.700. The molecule has 0 spiro atoms. The van der Waals surface area contributed by atoms with E-state index in [9.17, 15) is 0 Å². The summed E-state index contributed by atoms with van der Waals surface area (Å²) in [5, 5.41) is 9.19. The molecule has 0 aliphatic rings. The number of halogens is 2. The molecule has 2 rings (SSSR count). The third-order valence-electron chi connectivity index (χ3n) is 2.31. The highest BCUT2D eigenvalue weighted by Crippen LogP contribution is 2.16. The van der Waals surface area contributed by atoms with E-state index in [-0.39, 0.29) is 12.4 Å². The molecule has 0 aliphatic carbocycles. The van der Waals surface area contributed by atoms with Gasteiger partial charge in [-0.2, -0.15) is 5.26 Å². The largest absolute Gasteiger partial charge is 0.345 e. The van der Waals surface area contributed by atoms with Gasteiger partial charge in [0.25, 0.3) is 0 Å². The van der Waals surface area contributed by atoms with Crippen LogP contribution in [0.4, 0.5) is 0 Å². The van der Waals surface area contributed by atoms with Crippen LogP contribution >= 0.6 is 24.0 Å². The minimum absolute atomic E-state index is 0. The molecule has 17 heavy (non-hydrogen) atoms. The van der Waals surface area contributed by atoms with Crippen LogP contribution in [-0.4, -0.2) is 9.97 Å². The molecule has 1 aromatic heterocycles. The maximum atomic E-state index is 8.68. The van der Waals surface area contributed by atoms with Crippen molar-refractivity contribution in [3.63, 3.8) is 0 Å². The quantitative estimate of drug-likeness (QED) is 0.908. The molecule has 0 atom stereocenters. The lowest BCUT2D eigenvalue weighted by molar-refractivity contribution is 1.07. The number of hydrogen-bond acceptors (Lipinski definition) is 2. The average molecular weight is 268 g/mol. The second kappa shape index (κ2) is 5.72. The highest BCUT2D eigenvalue weighted by atomic mass is 35.5. The third kappa shape index (κ3) is 3.23. The van der Waals surface area contributed by atoms with Gasteiger partial charge in [0.2, 0.25) is 0 Å². The zero-order chi connectivity index (χ0) is 11.5. The first kappa shape index (κ1) is 13.6. The van der Waals surface area contributed by atoms with Crippen LogP contribution in [0.15, 0.2) is 24.3 Å². The number of aromatic amines is 1. The van der Waals surface area contributed by atoms with E-state index in [0.717, 1.165) is 17.1 Å². The number of nitrogens with zero attached hydrogens (tertiary/aromatic N) is 2. The molecule has 3 nitrogen and oxygen atoms in total. The van der Waals surface area contributed by atoms with Crippen molar-refractivity contribution in [3.8, 4) is 6.07 Å². The molecule has 5 heteroatoms. The van der Waals surface area contributed by atoms with E-state index < -0.39 is 0 Å². The summed E-state index contributed by atoms with van der Waals surface area (Å²) in [4.78, 5) is 7.21. The second-order valence-corrected chi connectivity index (χ2v) is 3.94. The average Bonchev–Trinajstić information content (AvgIpc) is 2.59. The molecule has 2 aromatic rings. The van der Waals surface area contributed by atoms with Crippen molar-refractivity contribution in [1.82, 2.24) is 9.97 Å². The van der Waals surface area contributed by atoms with Gasteiger partial charge in [-0.15, -0.1) is 12.4 Å². The fourth-order valence-corrected chi connectivity index (χ4v) is 1.77. The molecule has 1 heterocycles. The van der Waals surface area contributed by atoms with Gasteiger partial charge in [-0.1, -0.05) is 23.7 Å². The molecule has 0 saturated carbocycles. The lowest BCUT2D eigenvalue weighted by atomic mass is 10.1. The molecule has 0 aliphatic heterocycles. The highest BCUT2D eigenvalue weighted by Gasteiger charge is 2.06. The van der Waals surface area contributed by atoms with Crippen LogP contribution in [0, 0.1) is 18.3 Å². The van der Waals surface area contributed by atoms with Gasteiger partial charge >= 0.3 is 0 Å². The maximum Gasteiger partial charge on any atom is 0.150 e. The number of aryl methyl sites for hydroxylation is 1. The van der Waals surface area contributed by atoms with Gasteiger partial charge < -0.3 is 4.98 Å². The van der Waals surface area contributed by atoms with Crippen LogP contribution in [0.25, 0.3) is 0 Å². The number of nitrogens with one attached hydrogen (secondary N) is 1. The smallest absolute Gasteiger partial charge is 0.150 e. The Bertz CT molecular complexity index is 538. The first-order valence-corrected chi connectivity index (χ1v) is 5.27. The maximum absolute atomic E-state index is 8.68. The van der Waals surface area contributed by atoms with Crippen LogP contribution in [0.3, 0.4) is 0 Å².